The molecule has 1 aromatic carbocycles. The van der Waals surface area contributed by atoms with Crippen molar-refractivity contribution in [3.05, 3.63) is 53.2 Å². The van der Waals surface area contributed by atoms with Crippen LogP contribution in [0.15, 0.2) is 36.4 Å². The lowest BCUT2D eigenvalue weighted by molar-refractivity contribution is -0.137. The fraction of sp³-hybridized carbons (Fsp3) is 0.353. The van der Waals surface area contributed by atoms with E-state index in [9.17, 15) is 13.2 Å². The lowest BCUT2D eigenvalue weighted by Gasteiger charge is -2.21. The van der Waals surface area contributed by atoms with E-state index in [4.69, 9.17) is 0 Å². The maximum atomic E-state index is 12.8. The first-order valence-corrected chi connectivity index (χ1v) is 7.12. The molecule has 1 heterocycles. The summed E-state index contributed by atoms with van der Waals surface area (Å²) in [5, 5.41) is 0. The summed E-state index contributed by atoms with van der Waals surface area (Å²) < 4.78 is 38.4. The number of fused-ring (bicyclic) bond motifs is 1. The van der Waals surface area contributed by atoms with Gasteiger partial charge >= 0.3 is 6.18 Å². The summed E-state index contributed by atoms with van der Waals surface area (Å²) in [6, 6.07) is 9.20. The monoisotopic (exact) mass is 291 g/mol. The van der Waals surface area contributed by atoms with Gasteiger partial charge in [-0.25, -0.2) is 0 Å². The van der Waals surface area contributed by atoms with E-state index in [1.54, 1.807) is 6.07 Å². The topological polar surface area (TPSA) is 12.9 Å². The van der Waals surface area contributed by atoms with Crippen LogP contribution in [-0.4, -0.2) is 4.98 Å². The molecule has 0 aliphatic heterocycles. The smallest absolute Gasteiger partial charge is 0.252 e. The lowest BCUT2D eigenvalue weighted by Crippen LogP contribution is -2.10. The third-order valence-corrected chi connectivity index (χ3v) is 4.05. The van der Waals surface area contributed by atoms with Crippen LogP contribution >= 0.6 is 0 Å². The maximum absolute atomic E-state index is 12.8. The molecule has 1 aromatic heterocycles. The Labute approximate surface area is 121 Å². The third-order valence-electron chi connectivity index (χ3n) is 4.05. The van der Waals surface area contributed by atoms with E-state index < -0.39 is 11.7 Å². The zero-order valence-corrected chi connectivity index (χ0v) is 11.7. The molecule has 3 rings (SSSR count). The Balaban J connectivity index is 2.03. The van der Waals surface area contributed by atoms with Gasteiger partial charge < -0.3 is 0 Å². The third kappa shape index (κ3) is 2.80. The van der Waals surface area contributed by atoms with Gasteiger partial charge in [-0.1, -0.05) is 25.1 Å². The van der Waals surface area contributed by atoms with Crippen LogP contribution in [0.4, 0.5) is 13.2 Å². The number of rotatable bonds is 1. The van der Waals surface area contributed by atoms with Crippen molar-refractivity contribution in [1.29, 1.82) is 0 Å². The first-order valence-electron chi connectivity index (χ1n) is 7.12. The molecule has 1 unspecified atom stereocenters. The second-order valence-corrected chi connectivity index (χ2v) is 5.61. The Morgan fingerprint density at radius 1 is 1.14 bits per heavy atom. The number of aryl methyl sites for hydroxylation is 1. The number of alkyl halides is 3. The standard InChI is InChI=1S/C17H16F3N/c1-11-4-2-5-12-8-9-15(21-16(11)12)13-6-3-7-14(10-13)17(18,19)20/h3,6-11H,2,4-5H2,1H3. The Morgan fingerprint density at radius 2 is 1.95 bits per heavy atom. The molecule has 21 heavy (non-hydrogen) atoms. The van der Waals surface area contributed by atoms with Crippen LogP contribution in [0.2, 0.25) is 0 Å². The van der Waals surface area contributed by atoms with Crippen molar-refractivity contribution in [3.63, 3.8) is 0 Å². The SMILES string of the molecule is CC1CCCc2ccc(-c3cccc(C(F)(F)F)c3)nc21. The van der Waals surface area contributed by atoms with Crippen LogP contribution in [0.5, 0.6) is 0 Å². The first kappa shape index (κ1) is 14.1. The van der Waals surface area contributed by atoms with Crippen LogP contribution in [0, 0.1) is 0 Å². The number of benzene rings is 1. The van der Waals surface area contributed by atoms with Crippen LogP contribution in [0.25, 0.3) is 11.3 Å². The maximum Gasteiger partial charge on any atom is 0.416 e. The zero-order valence-electron chi connectivity index (χ0n) is 11.7. The minimum absolute atomic E-state index is 0.375. The van der Waals surface area contributed by atoms with Crippen LogP contribution in [0.3, 0.4) is 0 Å². The molecular formula is C17H16F3N. The van der Waals surface area contributed by atoms with Crippen molar-refractivity contribution in [2.75, 3.05) is 0 Å². The van der Waals surface area contributed by atoms with Gasteiger partial charge in [0.25, 0.3) is 0 Å². The molecule has 2 aromatic rings. The van der Waals surface area contributed by atoms with Gasteiger partial charge in [0.15, 0.2) is 0 Å². The molecule has 0 fully saturated rings. The van der Waals surface area contributed by atoms with Gasteiger partial charge in [-0.15, -0.1) is 0 Å². The molecule has 4 heteroatoms. The highest BCUT2D eigenvalue weighted by molar-refractivity contribution is 5.61. The van der Waals surface area contributed by atoms with Crippen LogP contribution in [0.1, 0.15) is 42.5 Å². The molecule has 0 N–H and O–H groups in total. The van der Waals surface area contributed by atoms with Crippen LogP contribution < -0.4 is 0 Å². The summed E-state index contributed by atoms with van der Waals surface area (Å²) in [5.41, 5.74) is 2.77. The summed E-state index contributed by atoms with van der Waals surface area (Å²) in [6.45, 7) is 2.13. The van der Waals surface area contributed by atoms with Crippen molar-refractivity contribution >= 4 is 0 Å². The molecule has 1 nitrogen and oxygen atoms in total. The van der Waals surface area contributed by atoms with E-state index >= 15 is 0 Å². The molecule has 1 aliphatic carbocycles. The number of pyridine rings is 1. The molecule has 0 spiro atoms. The summed E-state index contributed by atoms with van der Waals surface area (Å²) in [4.78, 5) is 4.62. The van der Waals surface area contributed by atoms with Crippen molar-refractivity contribution in [2.45, 2.75) is 38.3 Å². The molecule has 1 aliphatic rings. The summed E-state index contributed by atoms with van der Waals surface area (Å²) >= 11 is 0. The minimum Gasteiger partial charge on any atom is -0.252 e. The Morgan fingerprint density at radius 3 is 2.71 bits per heavy atom. The molecule has 110 valence electrons. The molecule has 0 saturated heterocycles. The van der Waals surface area contributed by atoms with E-state index in [-0.39, 0.29) is 0 Å². The average Bonchev–Trinajstić information content (AvgIpc) is 2.47. The van der Waals surface area contributed by atoms with Gasteiger partial charge in [0, 0.05) is 11.3 Å². The van der Waals surface area contributed by atoms with Gasteiger partial charge in [0.05, 0.1) is 11.3 Å². The second-order valence-electron chi connectivity index (χ2n) is 5.61. The van der Waals surface area contributed by atoms with Crippen LogP contribution in [-0.2, 0) is 12.6 Å². The van der Waals surface area contributed by atoms with E-state index in [1.807, 2.05) is 12.1 Å². The van der Waals surface area contributed by atoms with Gasteiger partial charge in [-0.2, -0.15) is 13.2 Å². The Kier molecular flexibility index (Phi) is 3.47. The fourth-order valence-electron chi connectivity index (χ4n) is 2.89. The minimum atomic E-state index is -4.32. The predicted molar refractivity (Wildman–Crippen MR) is 76.0 cm³/mol. The van der Waals surface area contributed by atoms with E-state index in [0.29, 0.717) is 17.2 Å². The highest BCUT2D eigenvalue weighted by Crippen LogP contribution is 2.34. The number of aromatic nitrogens is 1. The van der Waals surface area contributed by atoms with Gasteiger partial charge in [-0.05, 0) is 48.9 Å². The first-order chi connectivity index (χ1) is 9.95. The van der Waals surface area contributed by atoms with Gasteiger partial charge in [-0.3, -0.25) is 4.98 Å². The number of nitrogens with zero attached hydrogens (tertiary/aromatic N) is 1. The average molecular weight is 291 g/mol. The number of hydrogen-bond donors (Lipinski definition) is 0. The molecule has 0 bridgehead atoms. The van der Waals surface area contributed by atoms with Gasteiger partial charge in [0.2, 0.25) is 0 Å². The second kappa shape index (κ2) is 5.17. The highest BCUT2D eigenvalue weighted by atomic mass is 19.4. The van der Waals surface area contributed by atoms with E-state index in [0.717, 1.165) is 31.0 Å². The summed E-state index contributed by atoms with van der Waals surface area (Å²) in [7, 11) is 0. The Bertz CT molecular complexity index is 661. The molecule has 1 atom stereocenters. The molecule has 0 amide bonds. The van der Waals surface area contributed by atoms with E-state index in [2.05, 4.69) is 11.9 Å². The van der Waals surface area contributed by atoms with Gasteiger partial charge in [0.1, 0.15) is 0 Å². The number of hydrogen-bond acceptors (Lipinski definition) is 1. The zero-order chi connectivity index (χ0) is 15.0. The molecular weight excluding hydrogens is 275 g/mol. The summed E-state index contributed by atoms with van der Waals surface area (Å²) in [5.74, 6) is 0.375. The van der Waals surface area contributed by atoms with Crippen molar-refractivity contribution in [2.24, 2.45) is 0 Å². The Hall–Kier alpha value is -1.84. The lowest BCUT2D eigenvalue weighted by atomic mass is 9.87. The highest BCUT2D eigenvalue weighted by Gasteiger charge is 2.30. The largest absolute Gasteiger partial charge is 0.416 e. The van der Waals surface area contributed by atoms with Crippen molar-refractivity contribution < 1.29 is 13.2 Å². The van der Waals surface area contributed by atoms with Crippen molar-refractivity contribution in [3.8, 4) is 11.3 Å². The normalized spacial score (nSPS) is 18.4. The summed E-state index contributed by atoms with van der Waals surface area (Å²) in [6.07, 6.45) is -1.07. The molecule has 0 radical (unpaired) electrons. The quantitative estimate of drug-likeness (QED) is 0.703. The number of halogens is 3. The van der Waals surface area contributed by atoms with E-state index in [1.165, 1.54) is 17.7 Å². The molecule has 0 saturated carbocycles. The fourth-order valence-corrected chi connectivity index (χ4v) is 2.89. The predicted octanol–water partition coefficient (Wildman–Crippen LogP) is 5.21. The van der Waals surface area contributed by atoms with Crippen molar-refractivity contribution in [1.82, 2.24) is 4.98 Å².